The summed E-state index contributed by atoms with van der Waals surface area (Å²) in [6, 6.07) is 17.4. The molecule has 0 radical (unpaired) electrons. The van der Waals surface area contributed by atoms with E-state index in [4.69, 9.17) is 13.8 Å². The van der Waals surface area contributed by atoms with Crippen LogP contribution in [0.15, 0.2) is 54.6 Å². The van der Waals surface area contributed by atoms with Crippen LogP contribution in [0.1, 0.15) is 33.4 Å². The fourth-order valence-corrected chi connectivity index (χ4v) is 4.71. The van der Waals surface area contributed by atoms with Gasteiger partial charge in [0.25, 0.3) is 20.2 Å². The number of halogens is 1. The second-order valence-electron chi connectivity index (χ2n) is 11.3. The Kier molecular flexibility index (Phi) is 14.4. The van der Waals surface area contributed by atoms with Gasteiger partial charge in [-0.2, -0.15) is 16.8 Å². The average molecular weight is 669 g/mol. The molecule has 0 amide bonds. The van der Waals surface area contributed by atoms with Gasteiger partial charge in [0.2, 0.25) is 0 Å². The first-order valence-electron chi connectivity index (χ1n) is 14.3. The van der Waals surface area contributed by atoms with Crippen molar-refractivity contribution in [2.75, 3.05) is 56.7 Å². The Bertz CT molecular complexity index is 1540. The summed E-state index contributed by atoms with van der Waals surface area (Å²) in [6.45, 7) is 13.1. The molecule has 0 bridgehead atoms. The van der Waals surface area contributed by atoms with Gasteiger partial charge in [0.05, 0.1) is 12.5 Å². The lowest BCUT2D eigenvalue weighted by atomic mass is 9.99. The summed E-state index contributed by atoms with van der Waals surface area (Å²) in [4.78, 5) is 4.70. The lowest BCUT2D eigenvalue weighted by molar-refractivity contribution is 0.0660. The minimum absolute atomic E-state index is 0.199. The Balaban J connectivity index is 0.000000613. The number of benzene rings is 3. The number of rotatable bonds is 8. The van der Waals surface area contributed by atoms with Crippen molar-refractivity contribution in [3.05, 3.63) is 93.8 Å². The van der Waals surface area contributed by atoms with Crippen LogP contribution in [0, 0.1) is 33.5 Å². The maximum absolute atomic E-state index is 13.1. The molecule has 250 valence electrons. The predicted octanol–water partition coefficient (Wildman–Crippen LogP) is 4.22. The summed E-state index contributed by atoms with van der Waals surface area (Å²) in [5.74, 6) is 0.673. The third kappa shape index (κ3) is 15.2. The molecule has 0 saturated carbocycles. The highest BCUT2D eigenvalue weighted by atomic mass is 32.2. The summed E-state index contributed by atoms with van der Waals surface area (Å²) in [6.07, 6.45) is 1.71. The van der Waals surface area contributed by atoms with Crippen molar-refractivity contribution in [3.63, 3.8) is 0 Å². The molecule has 3 aromatic rings. The van der Waals surface area contributed by atoms with E-state index in [1.807, 2.05) is 12.1 Å². The Morgan fingerprint density at radius 1 is 0.778 bits per heavy atom. The van der Waals surface area contributed by atoms with Crippen molar-refractivity contribution in [3.8, 4) is 5.75 Å². The van der Waals surface area contributed by atoms with Crippen molar-refractivity contribution in [1.29, 1.82) is 0 Å². The number of aliphatic hydroxyl groups is 1. The Labute approximate surface area is 267 Å². The van der Waals surface area contributed by atoms with Gasteiger partial charge in [0.15, 0.2) is 0 Å². The Hall–Kier alpha value is -3.07. The third-order valence-electron chi connectivity index (χ3n) is 7.33. The molecule has 1 heterocycles. The van der Waals surface area contributed by atoms with Gasteiger partial charge in [-0.3, -0.25) is 14.0 Å². The first-order chi connectivity index (χ1) is 20.8. The second kappa shape index (κ2) is 17.0. The highest BCUT2D eigenvalue weighted by Gasteiger charge is 2.20. The number of piperazine rings is 1. The van der Waals surface area contributed by atoms with E-state index in [1.165, 1.54) is 40.1 Å². The molecule has 0 aromatic heterocycles. The van der Waals surface area contributed by atoms with E-state index < -0.39 is 26.3 Å². The molecule has 13 heteroatoms. The zero-order chi connectivity index (χ0) is 33.9. The number of β-amino-alcohol motifs (C(OH)–C–C–N with tert-alkyl or cyclic N) is 1. The van der Waals surface area contributed by atoms with Crippen LogP contribution >= 0.6 is 0 Å². The van der Waals surface area contributed by atoms with Crippen molar-refractivity contribution >= 4 is 25.9 Å². The maximum Gasteiger partial charge on any atom is 0.261 e. The number of hydrogen-bond donors (Lipinski definition) is 3. The van der Waals surface area contributed by atoms with E-state index >= 15 is 0 Å². The van der Waals surface area contributed by atoms with Gasteiger partial charge in [-0.05, 0) is 97.8 Å². The lowest BCUT2D eigenvalue weighted by Crippen LogP contribution is -2.49. The van der Waals surface area contributed by atoms with Gasteiger partial charge in [-0.15, -0.1) is 0 Å². The topological polar surface area (TPSA) is 145 Å². The molecule has 3 aromatic carbocycles. The molecule has 0 unspecified atom stereocenters. The molecule has 10 nitrogen and oxygen atoms in total. The van der Waals surface area contributed by atoms with Gasteiger partial charge in [-0.25, -0.2) is 4.39 Å². The average Bonchev–Trinajstić information content (AvgIpc) is 2.93. The molecular formula is C32H45FN2O8S2. The van der Waals surface area contributed by atoms with Crippen LogP contribution in [0.2, 0.25) is 0 Å². The first-order valence-corrected chi connectivity index (χ1v) is 18.0. The largest absolute Gasteiger partial charge is 0.491 e. The van der Waals surface area contributed by atoms with Crippen LogP contribution in [-0.4, -0.2) is 93.9 Å². The third-order valence-corrected chi connectivity index (χ3v) is 7.33. The van der Waals surface area contributed by atoms with Crippen molar-refractivity contribution in [1.82, 2.24) is 4.90 Å². The van der Waals surface area contributed by atoms with Gasteiger partial charge >= 0.3 is 0 Å². The van der Waals surface area contributed by atoms with Gasteiger partial charge in [0.1, 0.15) is 24.3 Å². The molecule has 1 saturated heterocycles. The van der Waals surface area contributed by atoms with Crippen LogP contribution in [0.5, 0.6) is 5.75 Å². The highest BCUT2D eigenvalue weighted by Crippen LogP contribution is 2.27. The molecule has 1 fully saturated rings. The number of aliphatic hydroxyl groups excluding tert-OH is 1. The van der Waals surface area contributed by atoms with Gasteiger partial charge in [0, 0.05) is 38.4 Å². The van der Waals surface area contributed by atoms with E-state index in [0.717, 1.165) is 49.5 Å². The molecule has 1 atom stereocenters. The van der Waals surface area contributed by atoms with E-state index in [9.17, 15) is 26.3 Å². The summed E-state index contributed by atoms with van der Waals surface area (Å²) in [7, 11) is -7.33. The summed E-state index contributed by atoms with van der Waals surface area (Å²) in [5.41, 5.74) is 8.48. The van der Waals surface area contributed by atoms with E-state index in [0.29, 0.717) is 25.7 Å². The van der Waals surface area contributed by atoms with E-state index in [1.54, 1.807) is 0 Å². The lowest BCUT2D eigenvalue weighted by Gasteiger charge is -2.37. The predicted molar refractivity (Wildman–Crippen MR) is 176 cm³/mol. The normalized spacial score (nSPS) is 14.5. The first kappa shape index (κ1) is 38.1. The van der Waals surface area contributed by atoms with Crippen LogP contribution in [-0.2, 0) is 26.7 Å². The van der Waals surface area contributed by atoms with E-state index in [2.05, 4.69) is 67.8 Å². The number of nitrogens with zero attached hydrogens (tertiary/aromatic N) is 2. The fourth-order valence-electron chi connectivity index (χ4n) is 4.71. The number of ether oxygens (including phenoxy) is 1. The quantitative estimate of drug-likeness (QED) is 0.299. The molecule has 1 aliphatic rings. The standard InChI is InChI=1S/C30H37FN2O2.2CH4O3S/c1-21-17-30(24(4)23(3)22(21)2)35-20-29(34)19-32-13-15-33(16-14-32)28-11-7-26(8-12-28)18-25-5-9-27(31)10-6-25;2*1-5(2,3)4/h5-12,17,29,34H,13-16,18-20H2,1-4H3;2*1H3,(H,2,3,4)/t29-;;/m0../s1. The molecular weight excluding hydrogens is 623 g/mol. The number of anilines is 1. The molecule has 4 rings (SSSR count). The summed E-state index contributed by atoms with van der Waals surface area (Å²) in [5, 5.41) is 10.6. The SMILES string of the molecule is CS(=O)(=O)O.CS(=O)(=O)O.Cc1cc(OC[C@@H](O)CN2CCN(c3ccc(Cc4ccc(F)cc4)cc3)CC2)c(C)c(C)c1C. The van der Waals surface area contributed by atoms with Gasteiger partial charge < -0.3 is 14.7 Å². The summed E-state index contributed by atoms with van der Waals surface area (Å²) < 4.78 is 70.9. The minimum atomic E-state index is -3.67. The van der Waals surface area contributed by atoms with Crippen molar-refractivity contribution in [2.24, 2.45) is 0 Å². The number of hydrogen-bond acceptors (Lipinski definition) is 8. The smallest absolute Gasteiger partial charge is 0.261 e. The van der Waals surface area contributed by atoms with Crippen molar-refractivity contribution in [2.45, 2.75) is 40.2 Å². The highest BCUT2D eigenvalue weighted by molar-refractivity contribution is 7.85. The van der Waals surface area contributed by atoms with Crippen LogP contribution in [0.4, 0.5) is 10.1 Å². The molecule has 0 spiro atoms. The fraction of sp³-hybridized carbons (Fsp3) is 0.438. The zero-order valence-electron chi connectivity index (χ0n) is 26.7. The second-order valence-corrected chi connectivity index (χ2v) is 14.2. The van der Waals surface area contributed by atoms with E-state index in [-0.39, 0.29) is 5.82 Å². The van der Waals surface area contributed by atoms with Gasteiger partial charge in [-0.1, -0.05) is 24.3 Å². The van der Waals surface area contributed by atoms with Crippen LogP contribution < -0.4 is 9.64 Å². The Morgan fingerprint density at radius 3 is 1.73 bits per heavy atom. The monoisotopic (exact) mass is 668 g/mol. The molecule has 1 aliphatic heterocycles. The molecule has 45 heavy (non-hydrogen) atoms. The minimum Gasteiger partial charge on any atom is -0.491 e. The Morgan fingerprint density at radius 2 is 1.24 bits per heavy atom. The van der Waals surface area contributed by atoms with Crippen LogP contribution in [0.25, 0.3) is 0 Å². The van der Waals surface area contributed by atoms with Crippen molar-refractivity contribution < 1.29 is 40.2 Å². The zero-order valence-corrected chi connectivity index (χ0v) is 28.3. The molecule has 3 N–H and O–H groups in total. The molecule has 0 aliphatic carbocycles. The summed E-state index contributed by atoms with van der Waals surface area (Å²) >= 11 is 0. The van der Waals surface area contributed by atoms with Crippen LogP contribution in [0.3, 0.4) is 0 Å². The number of aryl methyl sites for hydroxylation is 1. The maximum atomic E-state index is 13.1.